The summed E-state index contributed by atoms with van der Waals surface area (Å²) in [6.45, 7) is 3.04. The van der Waals surface area contributed by atoms with Crippen molar-refractivity contribution < 1.29 is 13.2 Å². The summed E-state index contributed by atoms with van der Waals surface area (Å²) >= 11 is 12.2. The number of para-hydroxylation sites is 1. The zero-order valence-corrected chi connectivity index (χ0v) is 19.1. The summed E-state index contributed by atoms with van der Waals surface area (Å²) in [5.41, 5.74) is 1.49. The maximum Gasteiger partial charge on any atom is 0.232 e. The number of halogens is 2. The number of anilines is 2. The fourth-order valence-electron chi connectivity index (χ4n) is 3.53. The molecule has 0 radical (unpaired) electrons. The van der Waals surface area contributed by atoms with Crippen molar-refractivity contribution in [3.05, 3.63) is 58.6 Å². The number of nitrogens with zero attached hydrogens (tertiary/aromatic N) is 3. The molecule has 6 nitrogen and oxygen atoms in total. The molecule has 1 aliphatic rings. The molecule has 0 atom stereocenters. The second kappa shape index (κ2) is 9.90. The molecule has 0 spiro atoms. The van der Waals surface area contributed by atoms with Crippen molar-refractivity contribution in [3.8, 4) is 0 Å². The Hall–Kier alpha value is -1.96. The van der Waals surface area contributed by atoms with Crippen LogP contribution in [0.5, 0.6) is 0 Å². The lowest BCUT2D eigenvalue weighted by Crippen LogP contribution is -2.48. The van der Waals surface area contributed by atoms with Crippen LogP contribution in [-0.4, -0.2) is 58.2 Å². The summed E-state index contributed by atoms with van der Waals surface area (Å²) in [6, 6.07) is 14.8. The molecule has 0 aliphatic carbocycles. The lowest BCUT2D eigenvalue weighted by Gasteiger charge is -2.36. The number of sulfonamides is 1. The van der Waals surface area contributed by atoms with Crippen LogP contribution in [0.15, 0.2) is 48.5 Å². The predicted molar refractivity (Wildman–Crippen MR) is 123 cm³/mol. The Morgan fingerprint density at radius 3 is 2.33 bits per heavy atom. The Balaban J connectivity index is 1.54. The number of carbonyl (C=O) groups is 1. The zero-order chi connectivity index (χ0) is 21.7. The average molecular weight is 470 g/mol. The molecular weight excluding hydrogens is 445 g/mol. The van der Waals surface area contributed by atoms with E-state index in [0.29, 0.717) is 35.2 Å². The number of hydrogen-bond donors (Lipinski definition) is 0. The van der Waals surface area contributed by atoms with Crippen LogP contribution in [-0.2, 0) is 14.8 Å². The fraction of sp³-hybridized carbons (Fsp3) is 0.381. The van der Waals surface area contributed by atoms with Crippen molar-refractivity contribution in [1.82, 2.24) is 4.90 Å². The monoisotopic (exact) mass is 469 g/mol. The summed E-state index contributed by atoms with van der Waals surface area (Å²) in [4.78, 5) is 16.7. The normalized spacial score (nSPS) is 14.6. The summed E-state index contributed by atoms with van der Waals surface area (Å²) in [6.07, 6.45) is 1.79. The van der Waals surface area contributed by atoms with Crippen LogP contribution >= 0.6 is 23.2 Å². The molecule has 9 heteroatoms. The van der Waals surface area contributed by atoms with Gasteiger partial charge in [-0.25, -0.2) is 8.42 Å². The number of carbonyl (C=O) groups excluding carboxylic acids is 1. The van der Waals surface area contributed by atoms with Crippen LogP contribution in [0.2, 0.25) is 10.0 Å². The van der Waals surface area contributed by atoms with Crippen molar-refractivity contribution in [3.63, 3.8) is 0 Å². The molecule has 0 aromatic heterocycles. The quantitative estimate of drug-likeness (QED) is 0.616. The number of hydrogen-bond acceptors (Lipinski definition) is 4. The van der Waals surface area contributed by atoms with Gasteiger partial charge in [0, 0.05) is 49.9 Å². The van der Waals surface area contributed by atoms with E-state index in [2.05, 4.69) is 17.0 Å². The summed E-state index contributed by atoms with van der Waals surface area (Å²) in [5.74, 6) is 0.0355. The summed E-state index contributed by atoms with van der Waals surface area (Å²) < 4.78 is 25.7. The molecule has 162 valence electrons. The van der Waals surface area contributed by atoms with Gasteiger partial charge in [0.05, 0.1) is 17.0 Å². The van der Waals surface area contributed by atoms with Crippen molar-refractivity contribution in [2.75, 3.05) is 48.2 Å². The molecule has 0 bridgehead atoms. The Morgan fingerprint density at radius 2 is 1.70 bits per heavy atom. The summed E-state index contributed by atoms with van der Waals surface area (Å²) in [7, 11) is -3.56. The minimum absolute atomic E-state index is 0.0355. The minimum Gasteiger partial charge on any atom is -0.368 e. The van der Waals surface area contributed by atoms with Gasteiger partial charge >= 0.3 is 0 Å². The van der Waals surface area contributed by atoms with Gasteiger partial charge in [-0.2, -0.15) is 0 Å². The van der Waals surface area contributed by atoms with Gasteiger partial charge in [0.15, 0.2) is 0 Å². The molecule has 0 unspecified atom stereocenters. The average Bonchev–Trinajstić information content (AvgIpc) is 2.73. The van der Waals surface area contributed by atoms with Gasteiger partial charge < -0.3 is 9.80 Å². The topological polar surface area (TPSA) is 60.9 Å². The first-order chi connectivity index (χ1) is 14.3. The number of amides is 1. The van der Waals surface area contributed by atoms with E-state index in [1.165, 1.54) is 10.4 Å². The first kappa shape index (κ1) is 22.7. The SMILES string of the molecule is CS(=O)(=O)N(CCCC(=O)N1CCN(c2ccccc2)CC1)c1cc(Cl)ccc1Cl. The van der Waals surface area contributed by atoms with E-state index >= 15 is 0 Å². The van der Waals surface area contributed by atoms with Crippen LogP contribution in [0, 0.1) is 0 Å². The Bertz CT molecular complexity index is 978. The number of rotatable bonds is 7. The molecule has 1 saturated heterocycles. The van der Waals surface area contributed by atoms with Gasteiger partial charge in [0.1, 0.15) is 0 Å². The van der Waals surface area contributed by atoms with Crippen LogP contribution in [0.3, 0.4) is 0 Å². The van der Waals surface area contributed by atoms with E-state index in [-0.39, 0.29) is 18.9 Å². The maximum atomic E-state index is 12.6. The van der Waals surface area contributed by atoms with E-state index in [4.69, 9.17) is 23.2 Å². The highest BCUT2D eigenvalue weighted by molar-refractivity contribution is 7.92. The molecule has 2 aromatic rings. The highest BCUT2D eigenvalue weighted by atomic mass is 35.5. The van der Waals surface area contributed by atoms with Crippen LogP contribution in [0.1, 0.15) is 12.8 Å². The van der Waals surface area contributed by atoms with Crippen LogP contribution in [0.4, 0.5) is 11.4 Å². The molecule has 0 saturated carbocycles. The Labute approximate surface area is 188 Å². The second-order valence-corrected chi connectivity index (χ2v) is 9.99. The Kier molecular flexibility index (Phi) is 7.50. The zero-order valence-electron chi connectivity index (χ0n) is 16.8. The van der Waals surface area contributed by atoms with Gasteiger partial charge in [-0.1, -0.05) is 41.4 Å². The van der Waals surface area contributed by atoms with E-state index in [9.17, 15) is 13.2 Å². The molecule has 1 amide bonds. The van der Waals surface area contributed by atoms with Crippen molar-refractivity contribution in [2.24, 2.45) is 0 Å². The highest BCUT2D eigenvalue weighted by Crippen LogP contribution is 2.31. The largest absolute Gasteiger partial charge is 0.368 e. The molecule has 0 N–H and O–H groups in total. The van der Waals surface area contributed by atoms with E-state index < -0.39 is 10.0 Å². The van der Waals surface area contributed by atoms with Crippen molar-refractivity contribution in [1.29, 1.82) is 0 Å². The minimum atomic E-state index is -3.56. The van der Waals surface area contributed by atoms with Crippen LogP contribution < -0.4 is 9.21 Å². The Morgan fingerprint density at radius 1 is 1.03 bits per heavy atom. The molecule has 30 heavy (non-hydrogen) atoms. The molecular formula is C21H25Cl2N3O3S. The standard InChI is InChI=1S/C21H25Cl2N3O3S/c1-30(28,29)26(20-16-17(22)9-10-19(20)23)11-5-8-21(27)25-14-12-24(13-15-25)18-6-3-2-4-7-18/h2-4,6-7,9-10,16H,5,8,11-15H2,1H3. The first-order valence-corrected chi connectivity index (χ1v) is 12.4. The van der Waals surface area contributed by atoms with Gasteiger partial charge in [0.25, 0.3) is 0 Å². The van der Waals surface area contributed by atoms with Gasteiger partial charge in [-0.15, -0.1) is 0 Å². The van der Waals surface area contributed by atoms with Gasteiger partial charge in [-0.05, 0) is 36.8 Å². The highest BCUT2D eigenvalue weighted by Gasteiger charge is 2.23. The number of piperazine rings is 1. The third kappa shape index (κ3) is 5.80. The molecule has 2 aromatic carbocycles. The van der Waals surface area contributed by atoms with Gasteiger partial charge in [0.2, 0.25) is 15.9 Å². The lowest BCUT2D eigenvalue weighted by molar-refractivity contribution is -0.131. The van der Waals surface area contributed by atoms with Crippen molar-refractivity contribution in [2.45, 2.75) is 12.8 Å². The lowest BCUT2D eigenvalue weighted by atomic mass is 10.2. The first-order valence-electron chi connectivity index (χ1n) is 9.76. The van der Waals surface area contributed by atoms with E-state index in [0.717, 1.165) is 25.0 Å². The molecule has 1 fully saturated rings. The second-order valence-electron chi connectivity index (χ2n) is 7.24. The summed E-state index contributed by atoms with van der Waals surface area (Å²) in [5, 5.41) is 0.698. The maximum absolute atomic E-state index is 12.6. The van der Waals surface area contributed by atoms with E-state index in [1.54, 1.807) is 12.1 Å². The molecule has 3 rings (SSSR count). The van der Waals surface area contributed by atoms with Gasteiger partial charge in [-0.3, -0.25) is 9.10 Å². The fourth-order valence-corrected chi connectivity index (χ4v) is 4.93. The third-order valence-electron chi connectivity index (χ3n) is 5.08. The molecule has 1 aliphatic heterocycles. The van der Waals surface area contributed by atoms with E-state index in [1.807, 2.05) is 23.1 Å². The third-order valence-corrected chi connectivity index (χ3v) is 6.82. The molecule has 1 heterocycles. The van der Waals surface area contributed by atoms with Crippen molar-refractivity contribution >= 4 is 50.5 Å². The smallest absolute Gasteiger partial charge is 0.232 e. The predicted octanol–water partition coefficient (Wildman–Crippen LogP) is 3.89. The van der Waals surface area contributed by atoms with Crippen LogP contribution in [0.25, 0.3) is 0 Å². The number of benzene rings is 2.